The topological polar surface area (TPSA) is 58.2 Å². The van der Waals surface area contributed by atoms with Gasteiger partial charge in [0.1, 0.15) is 0 Å². The van der Waals surface area contributed by atoms with Crippen LogP contribution in [0.25, 0.3) is 0 Å². The Labute approximate surface area is 128 Å². The summed E-state index contributed by atoms with van der Waals surface area (Å²) >= 11 is 0. The SMILES string of the molecule is CCC(C)(C)CNS(=O)(=O)c1ccccc1CNC1CC1. The second kappa shape index (κ2) is 6.46. The molecule has 0 unspecified atom stereocenters. The van der Waals surface area contributed by atoms with Crippen molar-refractivity contribution in [2.75, 3.05) is 6.54 Å². The Kier molecular flexibility index (Phi) is 5.07. The molecule has 118 valence electrons. The minimum Gasteiger partial charge on any atom is -0.310 e. The van der Waals surface area contributed by atoms with E-state index in [1.807, 2.05) is 12.1 Å². The Bertz CT molecular complexity index is 578. The van der Waals surface area contributed by atoms with Crippen molar-refractivity contribution in [1.29, 1.82) is 0 Å². The average molecular weight is 310 g/mol. The van der Waals surface area contributed by atoms with Crippen LogP contribution < -0.4 is 10.0 Å². The summed E-state index contributed by atoms with van der Waals surface area (Å²) in [6.45, 7) is 7.27. The summed E-state index contributed by atoms with van der Waals surface area (Å²) in [7, 11) is -3.45. The molecule has 1 aromatic rings. The molecule has 0 heterocycles. The lowest BCUT2D eigenvalue weighted by Gasteiger charge is -2.23. The molecule has 0 amide bonds. The van der Waals surface area contributed by atoms with Crippen molar-refractivity contribution in [2.24, 2.45) is 5.41 Å². The van der Waals surface area contributed by atoms with Crippen molar-refractivity contribution in [2.45, 2.75) is 57.5 Å². The van der Waals surface area contributed by atoms with Gasteiger partial charge < -0.3 is 5.32 Å². The Morgan fingerprint density at radius 3 is 2.52 bits per heavy atom. The smallest absolute Gasteiger partial charge is 0.240 e. The van der Waals surface area contributed by atoms with Gasteiger partial charge >= 0.3 is 0 Å². The van der Waals surface area contributed by atoms with Crippen LogP contribution in [0.1, 0.15) is 45.6 Å². The van der Waals surface area contributed by atoms with Gasteiger partial charge in [0.15, 0.2) is 0 Å². The van der Waals surface area contributed by atoms with Gasteiger partial charge in [-0.3, -0.25) is 0 Å². The lowest BCUT2D eigenvalue weighted by molar-refractivity contribution is 0.350. The summed E-state index contributed by atoms with van der Waals surface area (Å²) in [5.41, 5.74) is 0.806. The third-order valence-corrected chi connectivity index (χ3v) is 5.62. The summed E-state index contributed by atoms with van der Waals surface area (Å²) in [5.74, 6) is 0. The number of hydrogen-bond acceptors (Lipinski definition) is 3. The first kappa shape index (κ1) is 16.5. The Morgan fingerprint density at radius 2 is 1.90 bits per heavy atom. The first-order chi connectivity index (χ1) is 9.84. The standard InChI is InChI=1S/C16H26N2O2S/c1-4-16(2,3)12-18-21(19,20)15-8-6-5-7-13(15)11-17-14-9-10-14/h5-8,14,17-18H,4,9-12H2,1-3H3. The van der Waals surface area contributed by atoms with Crippen LogP contribution in [0.5, 0.6) is 0 Å². The molecule has 0 aromatic heterocycles. The van der Waals surface area contributed by atoms with E-state index in [0.717, 1.165) is 12.0 Å². The first-order valence-electron chi connectivity index (χ1n) is 7.65. The molecule has 0 saturated heterocycles. The molecule has 1 aliphatic rings. The zero-order valence-corrected chi connectivity index (χ0v) is 14.0. The second-order valence-corrected chi connectivity index (χ2v) is 8.34. The molecule has 2 N–H and O–H groups in total. The fourth-order valence-corrected chi connectivity index (χ4v) is 3.43. The average Bonchev–Trinajstić information content (AvgIpc) is 3.28. The van der Waals surface area contributed by atoms with Gasteiger partial charge in [0.2, 0.25) is 10.0 Å². The molecule has 0 aliphatic heterocycles. The van der Waals surface area contributed by atoms with E-state index in [1.54, 1.807) is 12.1 Å². The van der Waals surface area contributed by atoms with Gasteiger partial charge in [0.05, 0.1) is 4.90 Å². The van der Waals surface area contributed by atoms with Gasteiger partial charge in [-0.25, -0.2) is 13.1 Å². The van der Waals surface area contributed by atoms with Gasteiger partial charge in [-0.05, 0) is 36.3 Å². The zero-order valence-electron chi connectivity index (χ0n) is 13.1. The van der Waals surface area contributed by atoms with Crippen LogP contribution in [0.4, 0.5) is 0 Å². The normalized spacial score (nSPS) is 16.1. The fraction of sp³-hybridized carbons (Fsp3) is 0.625. The maximum absolute atomic E-state index is 12.5. The van der Waals surface area contributed by atoms with Crippen molar-refractivity contribution in [3.63, 3.8) is 0 Å². The number of benzene rings is 1. The highest BCUT2D eigenvalue weighted by Gasteiger charge is 2.24. The van der Waals surface area contributed by atoms with Crippen molar-refractivity contribution < 1.29 is 8.42 Å². The maximum atomic E-state index is 12.5. The number of nitrogens with one attached hydrogen (secondary N) is 2. The molecule has 1 fully saturated rings. The van der Waals surface area contributed by atoms with Gasteiger partial charge in [-0.2, -0.15) is 0 Å². The lowest BCUT2D eigenvalue weighted by atomic mass is 9.91. The van der Waals surface area contributed by atoms with Crippen LogP contribution in [0.2, 0.25) is 0 Å². The van der Waals surface area contributed by atoms with Crippen molar-refractivity contribution in [3.8, 4) is 0 Å². The van der Waals surface area contributed by atoms with Crippen LogP contribution in [-0.4, -0.2) is 21.0 Å². The molecular weight excluding hydrogens is 284 g/mol. The molecular formula is C16H26N2O2S. The van der Waals surface area contributed by atoms with E-state index in [-0.39, 0.29) is 5.41 Å². The van der Waals surface area contributed by atoms with E-state index in [1.165, 1.54) is 12.8 Å². The number of rotatable bonds is 8. The Hall–Kier alpha value is -0.910. The van der Waals surface area contributed by atoms with Crippen molar-refractivity contribution >= 4 is 10.0 Å². The van der Waals surface area contributed by atoms with E-state index >= 15 is 0 Å². The molecule has 1 aromatic carbocycles. The third-order valence-electron chi connectivity index (χ3n) is 4.12. The highest BCUT2D eigenvalue weighted by Crippen LogP contribution is 2.23. The molecule has 21 heavy (non-hydrogen) atoms. The summed E-state index contributed by atoms with van der Waals surface area (Å²) < 4.78 is 27.8. The van der Waals surface area contributed by atoms with Gasteiger partial charge in [-0.15, -0.1) is 0 Å². The third kappa shape index (κ3) is 4.80. The molecule has 5 heteroatoms. The Morgan fingerprint density at radius 1 is 1.24 bits per heavy atom. The zero-order chi connectivity index (χ0) is 15.5. The highest BCUT2D eigenvalue weighted by atomic mass is 32.2. The largest absolute Gasteiger partial charge is 0.310 e. The molecule has 0 atom stereocenters. The minimum absolute atomic E-state index is 0.0335. The predicted molar refractivity (Wildman–Crippen MR) is 85.6 cm³/mol. The number of hydrogen-bond donors (Lipinski definition) is 2. The maximum Gasteiger partial charge on any atom is 0.240 e. The van der Waals surface area contributed by atoms with E-state index in [2.05, 4.69) is 30.8 Å². The van der Waals surface area contributed by atoms with Gasteiger partial charge in [0, 0.05) is 19.1 Å². The van der Waals surface area contributed by atoms with E-state index < -0.39 is 10.0 Å². The molecule has 1 aliphatic carbocycles. The van der Waals surface area contributed by atoms with E-state index in [0.29, 0.717) is 24.0 Å². The van der Waals surface area contributed by atoms with Crippen molar-refractivity contribution in [1.82, 2.24) is 10.0 Å². The summed E-state index contributed by atoms with van der Waals surface area (Å²) in [6, 6.07) is 7.80. The fourth-order valence-electron chi connectivity index (χ4n) is 1.95. The quantitative estimate of drug-likeness (QED) is 0.776. The van der Waals surface area contributed by atoms with Crippen LogP contribution in [0.3, 0.4) is 0 Å². The van der Waals surface area contributed by atoms with Gasteiger partial charge in [0.25, 0.3) is 0 Å². The molecule has 2 rings (SSSR count). The second-order valence-electron chi connectivity index (χ2n) is 6.61. The minimum atomic E-state index is -3.45. The molecule has 4 nitrogen and oxygen atoms in total. The highest BCUT2D eigenvalue weighted by molar-refractivity contribution is 7.89. The van der Waals surface area contributed by atoms with Crippen LogP contribution in [0, 0.1) is 5.41 Å². The predicted octanol–water partition coefficient (Wildman–Crippen LogP) is 2.65. The van der Waals surface area contributed by atoms with E-state index in [4.69, 9.17) is 0 Å². The van der Waals surface area contributed by atoms with Crippen LogP contribution >= 0.6 is 0 Å². The van der Waals surface area contributed by atoms with Crippen LogP contribution in [0.15, 0.2) is 29.2 Å². The summed E-state index contributed by atoms with van der Waals surface area (Å²) in [5, 5.41) is 3.38. The number of sulfonamides is 1. The molecule has 0 bridgehead atoms. The first-order valence-corrected chi connectivity index (χ1v) is 9.13. The molecule has 0 spiro atoms. The lowest BCUT2D eigenvalue weighted by Crippen LogP contribution is -2.34. The Balaban J connectivity index is 2.10. The van der Waals surface area contributed by atoms with E-state index in [9.17, 15) is 8.42 Å². The summed E-state index contributed by atoms with van der Waals surface area (Å²) in [6.07, 6.45) is 3.32. The summed E-state index contributed by atoms with van der Waals surface area (Å²) in [4.78, 5) is 0.394. The van der Waals surface area contributed by atoms with Crippen LogP contribution in [-0.2, 0) is 16.6 Å². The monoisotopic (exact) mass is 310 g/mol. The van der Waals surface area contributed by atoms with Crippen molar-refractivity contribution in [3.05, 3.63) is 29.8 Å². The molecule has 1 saturated carbocycles. The van der Waals surface area contributed by atoms with Gasteiger partial charge in [-0.1, -0.05) is 39.0 Å². The molecule has 0 radical (unpaired) electrons.